The Morgan fingerprint density at radius 2 is 1.90 bits per heavy atom. The molecule has 0 fully saturated rings. The van der Waals surface area contributed by atoms with E-state index in [0.29, 0.717) is 6.42 Å². The summed E-state index contributed by atoms with van der Waals surface area (Å²) in [7, 11) is 0. The molecular formula is C17H24O4. The van der Waals surface area contributed by atoms with Crippen molar-refractivity contribution in [3.05, 3.63) is 35.9 Å². The van der Waals surface area contributed by atoms with Gasteiger partial charge in [-0.15, -0.1) is 0 Å². The Labute approximate surface area is 126 Å². The first kappa shape index (κ1) is 17.4. The summed E-state index contributed by atoms with van der Waals surface area (Å²) in [5.41, 5.74) is 0.356. The van der Waals surface area contributed by atoms with Crippen LogP contribution in [0.5, 0.6) is 0 Å². The molecule has 2 unspecified atom stereocenters. The Hall–Kier alpha value is -1.68. The molecule has 0 heterocycles. The molecule has 0 radical (unpaired) electrons. The van der Waals surface area contributed by atoms with Crippen LogP contribution in [0.1, 0.15) is 39.2 Å². The number of esters is 1. The van der Waals surface area contributed by atoms with Crippen LogP contribution in [0.25, 0.3) is 0 Å². The van der Waals surface area contributed by atoms with Gasteiger partial charge in [0.05, 0.1) is 12.0 Å². The lowest BCUT2D eigenvalue weighted by Gasteiger charge is -2.26. The molecule has 0 aromatic heterocycles. The lowest BCUT2D eigenvalue weighted by atomic mass is 9.91. The number of aldehydes is 1. The number of benzene rings is 1. The van der Waals surface area contributed by atoms with Crippen molar-refractivity contribution in [2.75, 3.05) is 0 Å². The van der Waals surface area contributed by atoms with E-state index in [4.69, 9.17) is 4.74 Å². The predicted octanol–water partition coefficient (Wildman–Crippen LogP) is 2.53. The summed E-state index contributed by atoms with van der Waals surface area (Å²) in [4.78, 5) is 22.8. The standard InChI is InChI=1S/C17H24O4/c1-17(2,3)21-16(20)14(15(19)10-7-11-18)12-13-8-5-4-6-9-13/h4-6,8-9,11,14-15,19H,7,10,12H2,1-3H3. The summed E-state index contributed by atoms with van der Waals surface area (Å²) in [5.74, 6) is -1.09. The van der Waals surface area contributed by atoms with E-state index in [1.807, 2.05) is 30.3 Å². The first-order chi connectivity index (χ1) is 9.83. The Balaban J connectivity index is 2.83. The Kier molecular flexibility index (Phi) is 6.56. The zero-order valence-electron chi connectivity index (χ0n) is 12.9. The number of ether oxygens (including phenoxy) is 1. The van der Waals surface area contributed by atoms with Gasteiger partial charge in [-0.2, -0.15) is 0 Å². The number of aliphatic hydroxyl groups excluding tert-OH is 1. The highest BCUT2D eigenvalue weighted by Gasteiger charge is 2.31. The molecule has 2 atom stereocenters. The van der Waals surface area contributed by atoms with E-state index < -0.39 is 23.6 Å². The zero-order valence-corrected chi connectivity index (χ0v) is 12.9. The third kappa shape index (κ3) is 6.54. The second-order valence-corrected chi connectivity index (χ2v) is 6.14. The molecule has 0 aliphatic carbocycles. The SMILES string of the molecule is CC(C)(C)OC(=O)C(Cc1ccccc1)C(O)CCC=O. The second kappa shape index (κ2) is 7.93. The van der Waals surface area contributed by atoms with Crippen LogP contribution in [0.4, 0.5) is 0 Å². The number of carbonyl (C=O) groups is 2. The van der Waals surface area contributed by atoms with E-state index in [-0.39, 0.29) is 12.8 Å². The molecule has 1 N–H and O–H groups in total. The van der Waals surface area contributed by atoms with E-state index in [0.717, 1.165) is 11.8 Å². The van der Waals surface area contributed by atoms with E-state index in [9.17, 15) is 14.7 Å². The summed E-state index contributed by atoms with van der Waals surface area (Å²) < 4.78 is 5.39. The average molecular weight is 292 g/mol. The van der Waals surface area contributed by atoms with E-state index in [2.05, 4.69) is 0 Å². The molecule has 1 rings (SSSR count). The third-order valence-electron chi connectivity index (χ3n) is 3.05. The lowest BCUT2D eigenvalue weighted by molar-refractivity contribution is -0.164. The van der Waals surface area contributed by atoms with Crippen LogP contribution in [0.2, 0.25) is 0 Å². The molecule has 0 bridgehead atoms. The minimum absolute atomic E-state index is 0.231. The lowest BCUT2D eigenvalue weighted by Crippen LogP contribution is -2.36. The van der Waals surface area contributed by atoms with Gasteiger partial charge in [-0.1, -0.05) is 30.3 Å². The van der Waals surface area contributed by atoms with Crippen LogP contribution in [0.15, 0.2) is 30.3 Å². The van der Waals surface area contributed by atoms with E-state index in [1.54, 1.807) is 20.8 Å². The zero-order chi connectivity index (χ0) is 15.9. The fraction of sp³-hybridized carbons (Fsp3) is 0.529. The van der Waals surface area contributed by atoms with Gasteiger partial charge < -0.3 is 14.6 Å². The third-order valence-corrected chi connectivity index (χ3v) is 3.05. The molecule has 4 heteroatoms. The molecule has 116 valence electrons. The minimum Gasteiger partial charge on any atom is -0.460 e. The number of rotatable bonds is 7. The molecule has 0 aliphatic rings. The maximum absolute atomic E-state index is 12.3. The van der Waals surface area contributed by atoms with Crippen molar-refractivity contribution in [1.82, 2.24) is 0 Å². The summed E-state index contributed by atoms with van der Waals surface area (Å²) >= 11 is 0. The number of hydrogen-bond acceptors (Lipinski definition) is 4. The van der Waals surface area contributed by atoms with Crippen molar-refractivity contribution in [3.63, 3.8) is 0 Å². The van der Waals surface area contributed by atoms with E-state index in [1.165, 1.54) is 0 Å². The highest BCUT2D eigenvalue weighted by molar-refractivity contribution is 5.74. The van der Waals surface area contributed by atoms with Crippen LogP contribution >= 0.6 is 0 Å². The van der Waals surface area contributed by atoms with Crippen LogP contribution < -0.4 is 0 Å². The van der Waals surface area contributed by atoms with Crippen molar-refractivity contribution >= 4 is 12.3 Å². The van der Waals surface area contributed by atoms with Gasteiger partial charge >= 0.3 is 5.97 Å². The van der Waals surface area contributed by atoms with Gasteiger partial charge in [0.15, 0.2) is 0 Å². The molecule has 0 saturated heterocycles. The van der Waals surface area contributed by atoms with Crippen molar-refractivity contribution in [2.24, 2.45) is 5.92 Å². The normalized spacial score (nSPS) is 14.3. The highest BCUT2D eigenvalue weighted by atomic mass is 16.6. The Morgan fingerprint density at radius 1 is 1.29 bits per heavy atom. The van der Waals surface area contributed by atoms with Crippen LogP contribution in [-0.2, 0) is 20.7 Å². The summed E-state index contributed by atoms with van der Waals surface area (Å²) in [6.07, 6.45) is 0.758. The van der Waals surface area contributed by atoms with Crippen molar-refractivity contribution < 1.29 is 19.4 Å². The van der Waals surface area contributed by atoms with Gasteiger partial charge in [0, 0.05) is 6.42 Å². The molecule has 1 aromatic carbocycles. The maximum Gasteiger partial charge on any atom is 0.312 e. The smallest absolute Gasteiger partial charge is 0.312 e. The van der Waals surface area contributed by atoms with E-state index >= 15 is 0 Å². The predicted molar refractivity (Wildman–Crippen MR) is 80.8 cm³/mol. The van der Waals surface area contributed by atoms with Gasteiger partial charge in [-0.3, -0.25) is 4.79 Å². The minimum atomic E-state index is -0.884. The fourth-order valence-electron chi connectivity index (χ4n) is 2.06. The molecule has 0 saturated carbocycles. The van der Waals surface area contributed by atoms with Gasteiger partial charge in [0.1, 0.15) is 11.9 Å². The topological polar surface area (TPSA) is 63.6 Å². The molecule has 0 spiro atoms. The van der Waals surface area contributed by atoms with Gasteiger partial charge in [-0.25, -0.2) is 0 Å². The highest BCUT2D eigenvalue weighted by Crippen LogP contribution is 2.20. The molecule has 0 aliphatic heterocycles. The molecular weight excluding hydrogens is 268 g/mol. The first-order valence-electron chi connectivity index (χ1n) is 7.22. The summed E-state index contributed by atoms with van der Waals surface area (Å²) in [6.45, 7) is 5.38. The molecule has 0 amide bonds. The van der Waals surface area contributed by atoms with Gasteiger partial charge in [-0.05, 0) is 39.2 Å². The molecule has 4 nitrogen and oxygen atoms in total. The largest absolute Gasteiger partial charge is 0.460 e. The number of aliphatic hydroxyl groups is 1. The van der Waals surface area contributed by atoms with Crippen LogP contribution in [0.3, 0.4) is 0 Å². The summed E-state index contributed by atoms with van der Waals surface area (Å²) in [5, 5.41) is 10.2. The quantitative estimate of drug-likeness (QED) is 0.619. The summed E-state index contributed by atoms with van der Waals surface area (Å²) in [6, 6.07) is 9.49. The number of hydrogen-bond donors (Lipinski definition) is 1. The van der Waals surface area contributed by atoms with Crippen LogP contribution in [-0.4, -0.2) is 29.1 Å². The molecule has 21 heavy (non-hydrogen) atoms. The van der Waals surface area contributed by atoms with Gasteiger partial charge in [0.25, 0.3) is 0 Å². The van der Waals surface area contributed by atoms with Crippen LogP contribution in [0, 0.1) is 5.92 Å². The van der Waals surface area contributed by atoms with Crippen molar-refractivity contribution in [3.8, 4) is 0 Å². The Morgan fingerprint density at radius 3 is 2.43 bits per heavy atom. The average Bonchev–Trinajstić information content (AvgIpc) is 2.41. The number of carbonyl (C=O) groups excluding carboxylic acids is 2. The molecule has 1 aromatic rings. The monoisotopic (exact) mass is 292 g/mol. The second-order valence-electron chi connectivity index (χ2n) is 6.14. The Bertz CT molecular complexity index is 448. The maximum atomic E-state index is 12.3. The van der Waals surface area contributed by atoms with Crippen molar-refractivity contribution in [1.29, 1.82) is 0 Å². The first-order valence-corrected chi connectivity index (χ1v) is 7.22. The fourth-order valence-corrected chi connectivity index (χ4v) is 2.06. The van der Waals surface area contributed by atoms with Gasteiger partial charge in [0.2, 0.25) is 0 Å². The van der Waals surface area contributed by atoms with Crippen molar-refractivity contribution in [2.45, 2.75) is 51.7 Å².